The maximum absolute atomic E-state index is 13.2. The van der Waals surface area contributed by atoms with E-state index in [0.29, 0.717) is 5.69 Å². The van der Waals surface area contributed by atoms with E-state index in [1.807, 2.05) is 0 Å². The maximum atomic E-state index is 13.2. The molecule has 1 fully saturated rings. The molecule has 16 heavy (non-hydrogen) atoms. The number of aromatic nitrogens is 1. The highest BCUT2D eigenvalue weighted by Gasteiger charge is 2.20. The summed E-state index contributed by atoms with van der Waals surface area (Å²) in [7, 11) is -1.65. The van der Waals surface area contributed by atoms with E-state index in [4.69, 9.17) is 10.0 Å². The van der Waals surface area contributed by atoms with E-state index in [-0.39, 0.29) is 11.4 Å². The Hall–Kier alpha value is -0.975. The van der Waals surface area contributed by atoms with Crippen LogP contribution in [0.25, 0.3) is 0 Å². The Bertz CT molecular complexity index is 370. The van der Waals surface area contributed by atoms with E-state index in [1.165, 1.54) is 0 Å². The van der Waals surface area contributed by atoms with Gasteiger partial charge in [0.15, 0.2) is 0 Å². The second-order valence-corrected chi connectivity index (χ2v) is 4.07. The fraction of sp³-hybridized carbons (Fsp3) is 0.500. The van der Waals surface area contributed by atoms with Crippen molar-refractivity contribution in [2.75, 3.05) is 13.1 Å². The van der Waals surface area contributed by atoms with Gasteiger partial charge in [0.05, 0.1) is 0 Å². The second-order valence-electron chi connectivity index (χ2n) is 4.07. The van der Waals surface area contributed by atoms with Crippen molar-refractivity contribution >= 4 is 12.6 Å². The molecule has 1 saturated heterocycles. The zero-order valence-corrected chi connectivity index (χ0v) is 8.86. The average Bonchev–Trinajstić information content (AvgIpc) is 2.29. The molecule has 0 aliphatic carbocycles. The van der Waals surface area contributed by atoms with Crippen molar-refractivity contribution in [1.29, 1.82) is 0 Å². The summed E-state index contributed by atoms with van der Waals surface area (Å²) in [6.45, 7) is 1.73. The highest BCUT2D eigenvalue weighted by atomic mass is 19.1. The lowest BCUT2D eigenvalue weighted by Gasteiger charge is -2.22. The van der Waals surface area contributed by atoms with Crippen molar-refractivity contribution in [3.63, 3.8) is 0 Å². The summed E-state index contributed by atoms with van der Waals surface area (Å²) in [5.74, 6) is -0.506. The number of piperidine rings is 1. The van der Waals surface area contributed by atoms with Gasteiger partial charge in [0, 0.05) is 18.2 Å². The molecule has 0 amide bonds. The van der Waals surface area contributed by atoms with E-state index in [9.17, 15) is 4.39 Å². The van der Waals surface area contributed by atoms with Crippen molar-refractivity contribution in [3.8, 4) is 0 Å². The Kier molecular flexibility index (Phi) is 3.53. The molecule has 4 nitrogen and oxygen atoms in total. The van der Waals surface area contributed by atoms with Gasteiger partial charge < -0.3 is 15.4 Å². The largest absolute Gasteiger partial charge is 0.488 e. The number of hydrogen-bond acceptors (Lipinski definition) is 4. The van der Waals surface area contributed by atoms with E-state index in [2.05, 4.69) is 10.3 Å². The molecule has 2 rings (SSSR count). The quantitative estimate of drug-likeness (QED) is 0.462. The molecular formula is C10H14BFN2O2. The van der Waals surface area contributed by atoms with E-state index in [0.717, 1.165) is 32.0 Å². The second kappa shape index (κ2) is 4.90. The summed E-state index contributed by atoms with van der Waals surface area (Å²) >= 11 is 0. The first kappa shape index (κ1) is 11.5. The smallest absolute Gasteiger partial charge is 0.423 e. The van der Waals surface area contributed by atoms with E-state index < -0.39 is 13.1 Å². The SMILES string of the molecule is OB(O)c1cc(F)nc(C2CCCNC2)c1. The minimum absolute atomic E-state index is 0.155. The van der Waals surface area contributed by atoms with Crippen LogP contribution >= 0.6 is 0 Å². The highest BCUT2D eigenvalue weighted by molar-refractivity contribution is 6.58. The van der Waals surface area contributed by atoms with Crippen LogP contribution in [0, 0.1) is 5.95 Å². The molecule has 0 spiro atoms. The molecule has 1 aromatic rings. The number of nitrogens with one attached hydrogen (secondary N) is 1. The molecule has 1 atom stereocenters. The van der Waals surface area contributed by atoms with Gasteiger partial charge in [0.1, 0.15) is 0 Å². The zero-order chi connectivity index (χ0) is 11.5. The van der Waals surface area contributed by atoms with Crippen LogP contribution in [0.4, 0.5) is 4.39 Å². The fourth-order valence-corrected chi connectivity index (χ4v) is 2.00. The fourth-order valence-electron chi connectivity index (χ4n) is 2.00. The number of pyridine rings is 1. The number of hydrogen-bond donors (Lipinski definition) is 3. The Morgan fingerprint density at radius 2 is 2.25 bits per heavy atom. The Morgan fingerprint density at radius 3 is 2.88 bits per heavy atom. The zero-order valence-electron chi connectivity index (χ0n) is 8.86. The number of halogens is 1. The first-order chi connectivity index (χ1) is 7.66. The van der Waals surface area contributed by atoms with Crippen molar-refractivity contribution in [1.82, 2.24) is 10.3 Å². The van der Waals surface area contributed by atoms with Crippen LogP contribution in [0.2, 0.25) is 0 Å². The third-order valence-electron chi connectivity index (χ3n) is 2.85. The van der Waals surface area contributed by atoms with Gasteiger partial charge in [0.25, 0.3) is 0 Å². The summed E-state index contributed by atoms with van der Waals surface area (Å²) in [4.78, 5) is 3.81. The lowest BCUT2D eigenvalue weighted by Crippen LogP contribution is -2.33. The summed E-state index contributed by atoms with van der Waals surface area (Å²) < 4.78 is 13.2. The van der Waals surface area contributed by atoms with Gasteiger partial charge in [0.2, 0.25) is 5.95 Å². The number of nitrogens with zero attached hydrogens (tertiary/aromatic N) is 1. The van der Waals surface area contributed by atoms with Crippen molar-refractivity contribution in [2.24, 2.45) is 0 Å². The predicted octanol–water partition coefficient (Wildman–Crippen LogP) is -0.633. The van der Waals surface area contributed by atoms with Gasteiger partial charge in [-0.1, -0.05) is 0 Å². The van der Waals surface area contributed by atoms with Gasteiger partial charge in [-0.3, -0.25) is 0 Å². The van der Waals surface area contributed by atoms with Crippen LogP contribution in [0.3, 0.4) is 0 Å². The molecule has 0 radical (unpaired) electrons. The standard InChI is InChI=1S/C10H14BFN2O2/c12-10-5-8(11(15)16)4-9(14-10)7-2-1-3-13-6-7/h4-5,7,13,15-16H,1-3,6H2. The third-order valence-corrected chi connectivity index (χ3v) is 2.85. The first-order valence-corrected chi connectivity index (χ1v) is 5.41. The topological polar surface area (TPSA) is 65.4 Å². The first-order valence-electron chi connectivity index (χ1n) is 5.41. The molecule has 1 aromatic heterocycles. The summed E-state index contributed by atoms with van der Waals surface area (Å²) in [5, 5.41) is 21.2. The molecule has 86 valence electrons. The molecule has 1 aliphatic heterocycles. The maximum Gasteiger partial charge on any atom is 0.488 e. The van der Waals surface area contributed by atoms with Crippen LogP contribution in [0.1, 0.15) is 24.5 Å². The molecule has 0 saturated carbocycles. The molecule has 2 heterocycles. The average molecular weight is 224 g/mol. The molecule has 1 unspecified atom stereocenters. The van der Waals surface area contributed by atoms with Crippen LogP contribution in [-0.2, 0) is 0 Å². The van der Waals surface area contributed by atoms with Gasteiger partial charge in [-0.15, -0.1) is 0 Å². The van der Waals surface area contributed by atoms with Gasteiger partial charge in [-0.25, -0.2) is 4.98 Å². The molecule has 3 N–H and O–H groups in total. The Morgan fingerprint density at radius 1 is 1.44 bits per heavy atom. The predicted molar refractivity (Wildman–Crippen MR) is 58.9 cm³/mol. The summed E-state index contributed by atoms with van der Waals surface area (Å²) in [6, 6.07) is 2.61. The summed E-state index contributed by atoms with van der Waals surface area (Å²) in [6.07, 6.45) is 1.98. The molecule has 0 aromatic carbocycles. The van der Waals surface area contributed by atoms with Gasteiger partial charge in [-0.05, 0) is 37.0 Å². The molecular weight excluding hydrogens is 210 g/mol. The van der Waals surface area contributed by atoms with Gasteiger partial charge in [-0.2, -0.15) is 4.39 Å². The van der Waals surface area contributed by atoms with Crippen molar-refractivity contribution in [2.45, 2.75) is 18.8 Å². The minimum Gasteiger partial charge on any atom is -0.423 e. The monoisotopic (exact) mass is 224 g/mol. The molecule has 1 aliphatic rings. The van der Waals surface area contributed by atoms with E-state index in [1.54, 1.807) is 6.07 Å². The molecule has 6 heteroatoms. The van der Waals surface area contributed by atoms with Crippen LogP contribution in [-0.4, -0.2) is 35.2 Å². The normalized spacial score (nSPS) is 20.8. The van der Waals surface area contributed by atoms with Crippen LogP contribution in [0.5, 0.6) is 0 Å². The van der Waals surface area contributed by atoms with Crippen LogP contribution in [0.15, 0.2) is 12.1 Å². The Labute approximate surface area is 93.7 Å². The van der Waals surface area contributed by atoms with Crippen molar-refractivity contribution < 1.29 is 14.4 Å². The van der Waals surface area contributed by atoms with Gasteiger partial charge >= 0.3 is 7.12 Å². The minimum atomic E-state index is -1.65. The van der Waals surface area contributed by atoms with Crippen molar-refractivity contribution in [3.05, 3.63) is 23.8 Å². The molecule has 0 bridgehead atoms. The lowest BCUT2D eigenvalue weighted by atomic mass is 9.79. The number of rotatable bonds is 2. The lowest BCUT2D eigenvalue weighted by molar-refractivity contribution is 0.423. The highest BCUT2D eigenvalue weighted by Crippen LogP contribution is 2.20. The Balaban J connectivity index is 2.25. The summed E-state index contributed by atoms with van der Waals surface area (Å²) in [5.41, 5.74) is 0.753. The van der Waals surface area contributed by atoms with E-state index >= 15 is 0 Å². The third kappa shape index (κ3) is 2.58. The van der Waals surface area contributed by atoms with Crippen LogP contribution < -0.4 is 10.8 Å².